The second-order valence-corrected chi connectivity index (χ2v) is 10.7. The van der Waals surface area contributed by atoms with Gasteiger partial charge in [-0.15, -0.1) is 0 Å². The Kier molecular flexibility index (Phi) is 8.24. The van der Waals surface area contributed by atoms with Crippen LogP contribution in [0.4, 0.5) is 0 Å². The van der Waals surface area contributed by atoms with E-state index in [0.29, 0.717) is 5.91 Å². The molecule has 2 aliphatic heterocycles. The van der Waals surface area contributed by atoms with Crippen molar-refractivity contribution in [2.75, 3.05) is 45.8 Å². The molecule has 0 unspecified atom stereocenters. The van der Waals surface area contributed by atoms with E-state index in [4.69, 9.17) is 0 Å². The first-order valence-corrected chi connectivity index (χ1v) is 11.2. The predicted octanol–water partition coefficient (Wildman–Crippen LogP) is 3.75. The molecule has 27 heavy (non-hydrogen) atoms. The highest BCUT2D eigenvalue weighted by Gasteiger charge is 2.37. The van der Waals surface area contributed by atoms with Crippen molar-refractivity contribution in [3.8, 4) is 0 Å². The molecule has 2 heterocycles. The maximum Gasteiger partial charge on any atom is 0.228 e. The van der Waals surface area contributed by atoms with Crippen LogP contribution in [0.5, 0.6) is 0 Å². The Balaban J connectivity index is 1.72. The van der Waals surface area contributed by atoms with E-state index in [1.807, 2.05) is 0 Å². The molecule has 2 aliphatic rings. The van der Waals surface area contributed by atoms with Gasteiger partial charge in [0.05, 0.1) is 0 Å². The van der Waals surface area contributed by atoms with Gasteiger partial charge in [-0.05, 0) is 43.7 Å². The van der Waals surface area contributed by atoms with Crippen LogP contribution in [0.1, 0.15) is 67.2 Å². The molecule has 0 bridgehead atoms. The molecular formula is C22H43BN3O. The zero-order valence-electron chi connectivity index (χ0n) is 18.9. The third-order valence-electron chi connectivity index (χ3n) is 6.05. The number of hydrogen-bond acceptors (Lipinski definition) is 3. The van der Waals surface area contributed by atoms with Gasteiger partial charge in [-0.3, -0.25) is 4.79 Å². The molecule has 0 aromatic rings. The summed E-state index contributed by atoms with van der Waals surface area (Å²) >= 11 is 0. The highest BCUT2D eigenvalue weighted by molar-refractivity contribution is 6.31. The van der Waals surface area contributed by atoms with Crippen molar-refractivity contribution in [3.05, 3.63) is 0 Å². The highest BCUT2D eigenvalue weighted by Crippen LogP contribution is 2.35. The molecule has 1 radical (unpaired) electrons. The van der Waals surface area contributed by atoms with Gasteiger partial charge in [0.1, 0.15) is 0 Å². The Morgan fingerprint density at radius 2 is 1.56 bits per heavy atom. The summed E-state index contributed by atoms with van der Waals surface area (Å²) < 4.78 is 0. The van der Waals surface area contributed by atoms with E-state index in [0.717, 1.165) is 25.4 Å². The van der Waals surface area contributed by atoms with Gasteiger partial charge >= 0.3 is 0 Å². The quantitative estimate of drug-likeness (QED) is 0.633. The van der Waals surface area contributed by atoms with Crippen molar-refractivity contribution in [1.82, 2.24) is 14.6 Å². The van der Waals surface area contributed by atoms with Crippen molar-refractivity contribution in [1.29, 1.82) is 0 Å². The molecule has 2 rings (SSSR count). The number of carbonyl (C=O) groups excluding carboxylic acids is 1. The second kappa shape index (κ2) is 9.78. The Morgan fingerprint density at radius 3 is 2.07 bits per heavy atom. The summed E-state index contributed by atoms with van der Waals surface area (Å²) in [6.45, 7) is 21.0. The fourth-order valence-corrected chi connectivity index (χ4v) is 4.95. The van der Waals surface area contributed by atoms with Crippen LogP contribution < -0.4 is 0 Å². The molecule has 0 aromatic carbocycles. The van der Waals surface area contributed by atoms with Gasteiger partial charge in [0.2, 0.25) is 13.3 Å². The standard InChI is InChI=1S/C22H43BN3O/c1-7-10-23-26-15-13-24(14-16-26)17-19-8-11-25(12-9-19)20(27)22(5,6)18-21(2,3)4/h19H,7-18H2,1-6H3. The van der Waals surface area contributed by atoms with Crippen LogP contribution >= 0.6 is 0 Å². The molecule has 155 valence electrons. The Hall–Kier alpha value is -0.545. The maximum atomic E-state index is 13.0. The molecule has 0 spiro atoms. The van der Waals surface area contributed by atoms with Gasteiger partial charge in [0.15, 0.2) is 0 Å². The number of amides is 1. The lowest BCUT2D eigenvalue weighted by Crippen LogP contribution is -2.51. The van der Waals surface area contributed by atoms with Gasteiger partial charge in [-0.25, -0.2) is 0 Å². The first-order valence-electron chi connectivity index (χ1n) is 11.2. The van der Waals surface area contributed by atoms with E-state index in [-0.39, 0.29) is 10.8 Å². The fraction of sp³-hybridized carbons (Fsp3) is 0.955. The number of nitrogens with zero attached hydrogens (tertiary/aromatic N) is 3. The molecular weight excluding hydrogens is 333 g/mol. The lowest BCUT2D eigenvalue weighted by Gasteiger charge is -2.41. The fourth-order valence-electron chi connectivity index (χ4n) is 4.95. The van der Waals surface area contributed by atoms with E-state index >= 15 is 0 Å². The van der Waals surface area contributed by atoms with Gasteiger partial charge < -0.3 is 14.6 Å². The van der Waals surface area contributed by atoms with Crippen molar-refractivity contribution >= 4 is 13.3 Å². The monoisotopic (exact) mass is 376 g/mol. The zero-order chi connectivity index (χ0) is 20.1. The number of piperazine rings is 1. The summed E-state index contributed by atoms with van der Waals surface area (Å²) in [5.41, 5.74) is -0.0649. The summed E-state index contributed by atoms with van der Waals surface area (Å²) in [6.07, 6.45) is 5.72. The van der Waals surface area contributed by atoms with E-state index in [1.54, 1.807) is 0 Å². The molecule has 0 aliphatic carbocycles. The topological polar surface area (TPSA) is 26.8 Å². The van der Waals surface area contributed by atoms with Crippen LogP contribution in [0.25, 0.3) is 0 Å². The molecule has 0 saturated carbocycles. The molecule has 0 aromatic heterocycles. The molecule has 4 nitrogen and oxygen atoms in total. The first kappa shape index (κ1) is 22.7. The van der Waals surface area contributed by atoms with Crippen molar-refractivity contribution in [2.24, 2.45) is 16.7 Å². The number of carbonyl (C=O) groups is 1. The summed E-state index contributed by atoms with van der Waals surface area (Å²) in [6, 6.07) is 0. The Labute approximate surface area is 169 Å². The summed E-state index contributed by atoms with van der Waals surface area (Å²) in [5, 5.41) is 0. The van der Waals surface area contributed by atoms with E-state index in [1.165, 1.54) is 58.3 Å². The normalized spacial score (nSPS) is 21.5. The summed E-state index contributed by atoms with van der Waals surface area (Å²) in [5.74, 6) is 1.11. The van der Waals surface area contributed by atoms with Crippen molar-refractivity contribution in [2.45, 2.75) is 73.5 Å². The molecule has 0 atom stereocenters. The minimum absolute atomic E-state index is 0.189. The van der Waals surface area contributed by atoms with Crippen LogP contribution in [0, 0.1) is 16.7 Å². The van der Waals surface area contributed by atoms with Gasteiger partial charge in [0, 0.05) is 38.1 Å². The molecule has 2 fully saturated rings. The van der Waals surface area contributed by atoms with Crippen LogP contribution in [0.15, 0.2) is 0 Å². The van der Waals surface area contributed by atoms with E-state index < -0.39 is 0 Å². The van der Waals surface area contributed by atoms with Crippen LogP contribution in [0.2, 0.25) is 6.32 Å². The van der Waals surface area contributed by atoms with Gasteiger partial charge in [0.25, 0.3) is 0 Å². The molecule has 5 heteroatoms. The Bertz CT molecular complexity index is 459. The minimum Gasteiger partial charge on any atom is -0.344 e. The maximum absolute atomic E-state index is 13.0. The largest absolute Gasteiger partial charge is 0.344 e. The van der Waals surface area contributed by atoms with Gasteiger partial charge in [-0.1, -0.05) is 54.3 Å². The smallest absolute Gasteiger partial charge is 0.228 e. The van der Waals surface area contributed by atoms with E-state index in [9.17, 15) is 4.79 Å². The number of hydrogen-bond donors (Lipinski definition) is 0. The van der Waals surface area contributed by atoms with Crippen LogP contribution in [-0.2, 0) is 4.79 Å². The summed E-state index contributed by atoms with van der Waals surface area (Å²) in [4.78, 5) is 20.3. The average molecular weight is 376 g/mol. The third kappa shape index (κ3) is 7.42. The number of piperidine rings is 1. The van der Waals surface area contributed by atoms with Gasteiger partial charge in [-0.2, -0.15) is 0 Å². The zero-order valence-corrected chi connectivity index (χ0v) is 18.9. The van der Waals surface area contributed by atoms with Crippen LogP contribution in [-0.4, -0.2) is 73.7 Å². The predicted molar refractivity (Wildman–Crippen MR) is 116 cm³/mol. The highest BCUT2D eigenvalue weighted by atomic mass is 16.2. The first-order chi connectivity index (χ1) is 12.6. The number of likely N-dealkylation sites (tertiary alicyclic amines) is 1. The molecule has 1 amide bonds. The minimum atomic E-state index is -0.254. The number of rotatable bonds is 7. The van der Waals surface area contributed by atoms with Crippen molar-refractivity contribution in [3.63, 3.8) is 0 Å². The lowest BCUT2D eigenvalue weighted by atomic mass is 9.75. The Morgan fingerprint density at radius 1 is 0.963 bits per heavy atom. The lowest BCUT2D eigenvalue weighted by molar-refractivity contribution is -0.143. The average Bonchev–Trinajstić information content (AvgIpc) is 2.59. The molecule has 2 saturated heterocycles. The van der Waals surface area contributed by atoms with Crippen LogP contribution in [0.3, 0.4) is 0 Å². The molecule has 0 N–H and O–H groups in total. The van der Waals surface area contributed by atoms with Crippen molar-refractivity contribution < 1.29 is 4.79 Å². The summed E-state index contributed by atoms with van der Waals surface area (Å²) in [7, 11) is 2.39. The second-order valence-electron chi connectivity index (χ2n) is 10.7. The SMILES string of the molecule is CCC[B]N1CCN(CC2CCN(C(=O)C(C)(C)CC(C)(C)C)CC2)CC1. The van der Waals surface area contributed by atoms with E-state index in [2.05, 4.69) is 63.6 Å². The third-order valence-corrected chi connectivity index (χ3v) is 6.05.